The highest BCUT2D eigenvalue weighted by Crippen LogP contribution is 2.31. The number of piperazine rings is 1. The highest BCUT2D eigenvalue weighted by Gasteiger charge is 2.24. The predicted octanol–water partition coefficient (Wildman–Crippen LogP) is 4.37. The van der Waals surface area contributed by atoms with Crippen molar-refractivity contribution in [3.63, 3.8) is 0 Å². The number of aromatic nitrogens is 1. The monoisotopic (exact) mass is 373 g/mol. The fourth-order valence-corrected chi connectivity index (χ4v) is 3.07. The van der Waals surface area contributed by atoms with E-state index in [9.17, 15) is 0 Å². The molecule has 1 atom stereocenters. The fourth-order valence-electron chi connectivity index (χ4n) is 2.60. The van der Waals surface area contributed by atoms with Gasteiger partial charge in [-0.25, -0.2) is 4.98 Å². The maximum Gasteiger partial charge on any atom is 0.135 e. The van der Waals surface area contributed by atoms with E-state index in [-0.39, 0.29) is 24.8 Å². The van der Waals surface area contributed by atoms with Gasteiger partial charge in [0.1, 0.15) is 10.3 Å². The van der Waals surface area contributed by atoms with Crippen molar-refractivity contribution in [2.45, 2.75) is 32.2 Å². The van der Waals surface area contributed by atoms with Crippen molar-refractivity contribution in [1.29, 1.82) is 0 Å². The van der Waals surface area contributed by atoms with Crippen LogP contribution in [0.5, 0.6) is 0 Å². The van der Waals surface area contributed by atoms with E-state index in [1.165, 1.54) is 12.8 Å². The Hall–Kier alpha value is 0.230. The summed E-state index contributed by atoms with van der Waals surface area (Å²) < 4.78 is 0. The first kappa shape index (κ1) is 21.2. The highest BCUT2D eigenvalue weighted by atomic mass is 35.5. The summed E-state index contributed by atoms with van der Waals surface area (Å²) in [5.74, 6) is 0. The molecule has 2 rings (SSSR count). The number of nitrogens with one attached hydrogen (secondary N) is 1. The zero-order valence-electron chi connectivity index (χ0n) is 12.1. The van der Waals surface area contributed by atoms with Gasteiger partial charge in [0.2, 0.25) is 0 Å². The lowest BCUT2D eigenvalue weighted by molar-refractivity contribution is 0.163. The summed E-state index contributed by atoms with van der Waals surface area (Å²) in [7, 11) is 0. The van der Waals surface area contributed by atoms with Gasteiger partial charge in [0.15, 0.2) is 0 Å². The molecule has 0 amide bonds. The van der Waals surface area contributed by atoms with E-state index in [1.54, 1.807) is 0 Å². The molecule has 3 nitrogen and oxygen atoms in total. The quantitative estimate of drug-likeness (QED) is 0.775. The van der Waals surface area contributed by atoms with Crippen LogP contribution in [0.1, 0.15) is 37.8 Å². The molecule has 1 aliphatic rings. The van der Waals surface area contributed by atoms with E-state index in [1.807, 2.05) is 12.1 Å². The van der Waals surface area contributed by atoms with E-state index < -0.39 is 0 Å². The average Bonchev–Trinajstić information content (AvgIpc) is 2.42. The van der Waals surface area contributed by atoms with Gasteiger partial charge in [-0.05, 0) is 12.5 Å². The van der Waals surface area contributed by atoms with Crippen LogP contribution in [-0.4, -0.2) is 36.1 Å². The summed E-state index contributed by atoms with van der Waals surface area (Å²) in [6.07, 6.45) is 3.52. The number of nitrogens with zero attached hydrogens (tertiary/aromatic N) is 2. The van der Waals surface area contributed by atoms with Crippen molar-refractivity contribution in [2.24, 2.45) is 0 Å². The zero-order valence-corrected chi connectivity index (χ0v) is 15.3. The molecule has 1 fully saturated rings. The van der Waals surface area contributed by atoms with Gasteiger partial charge in [-0.3, -0.25) is 4.90 Å². The van der Waals surface area contributed by atoms with Gasteiger partial charge >= 0.3 is 0 Å². The first-order chi connectivity index (χ1) is 9.22. The van der Waals surface area contributed by atoms with Crippen LogP contribution < -0.4 is 5.32 Å². The second kappa shape index (κ2) is 10.9. The van der Waals surface area contributed by atoms with Crippen LogP contribution in [0.25, 0.3) is 0 Å². The lowest BCUT2D eigenvalue weighted by Gasteiger charge is -2.35. The maximum atomic E-state index is 6.28. The Morgan fingerprint density at radius 3 is 2.48 bits per heavy atom. The molecule has 1 aliphatic heterocycles. The van der Waals surface area contributed by atoms with Crippen LogP contribution in [-0.2, 0) is 0 Å². The number of rotatable bonds is 5. The van der Waals surface area contributed by atoms with Crippen LogP contribution in [0.3, 0.4) is 0 Å². The van der Waals surface area contributed by atoms with Crippen molar-refractivity contribution in [3.05, 3.63) is 28.0 Å². The first-order valence-corrected chi connectivity index (χ1v) is 7.74. The van der Waals surface area contributed by atoms with Gasteiger partial charge in [-0.1, -0.05) is 49.0 Å². The summed E-state index contributed by atoms with van der Waals surface area (Å²) in [5, 5.41) is 4.40. The Morgan fingerprint density at radius 1 is 1.24 bits per heavy atom. The number of halogens is 4. The first-order valence-electron chi connectivity index (χ1n) is 6.99. The molecule has 0 saturated carbocycles. The molecular formula is C14H23Cl4N3. The number of unbranched alkanes of at least 4 members (excludes halogenated alkanes) is 1. The van der Waals surface area contributed by atoms with Gasteiger partial charge in [-0.2, -0.15) is 0 Å². The minimum absolute atomic E-state index is 0. The van der Waals surface area contributed by atoms with Crippen molar-refractivity contribution in [1.82, 2.24) is 15.2 Å². The molecule has 0 radical (unpaired) electrons. The minimum atomic E-state index is 0. The molecule has 1 saturated heterocycles. The third kappa shape index (κ3) is 6.09. The zero-order chi connectivity index (χ0) is 13.7. The summed E-state index contributed by atoms with van der Waals surface area (Å²) in [6.45, 7) is 6.43. The van der Waals surface area contributed by atoms with Crippen molar-refractivity contribution in [2.75, 3.05) is 26.2 Å². The van der Waals surface area contributed by atoms with Crippen molar-refractivity contribution < 1.29 is 0 Å². The van der Waals surface area contributed by atoms with E-state index in [4.69, 9.17) is 23.2 Å². The Bertz CT molecular complexity index is 411. The summed E-state index contributed by atoms with van der Waals surface area (Å²) in [6, 6.07) is 4.23. The second-order valence-corrected chi connectivity index (χ2v) is 5.70. The molecule has 7 heteroatoms. The van der Waals surface area contributed by atoms with Crippen LogP contribution in [0.15, 0.2) is 12.1 Å². The average molecular weight is 375 g/mol. The van der Waals surface area contributed by atoms with Crippen molar-refractivity contribution >= 4 is 48.0 Å². The van der Waals surface area contributed by atoms with E-state index in [0.29, 0.717) is 16.3 Å². The van der Waals surface area contributed by atoms with Crippen molar-refractivity contribution in [3.8, 4) is 0 Å². The fraction of sp³-hybridized carbons (Fsp3) is 0.643. The molecule has 21 heavy (non-hydrogen) atoms. The third-order valence-corrected chi connectivity index (χ3v) is 4.14. The second-order valence-electron chi connectivity index (χ2n) is 4.96. The molecule has 0 aliphatic carbocycles. The molecule has 0 spiro atoms. The molecular weight excluding hydrogens is 352 g/mol. The van der Waals surface area contributed by atoms with E-state index >= 15 is 0 Å². The predicted molar refractivity (Wildman–Crippen MR) is 95.5 cm³/mol. The molecule has 122 valence electrons. The molecule has 1 aromatic heterocycles. The Morgan fingerprint density at radius 2 is 1.90 bits per heavy atom. The van der Waals surface area contributed by atoms with E-state index in [0.717, 1.165) is 38.2 Å². The molecule has 1 N–H and O–H groups in total. The lowest BCUT2D eigenvalue weighted by Crippen LogP contribution is -2.45. The standard InChI is InChI=1S/C14H21Cl2N3.2ClH/c1-2-3-4-12(19-9-7-17-8-10-19)11-5-6-13(15)18-14(11)16;;/h5-6,12,17H,2-4,7-10H2,1H3;2*1H/t12-;;/m1../s1. The SMILES string of the molecule is CCCC[C@H](c1ccc(Cl)nc1Cl)N1CCNCC1.Cl.Cl. The van der Waals surface area contributed by atoms with Gasteiger partial charge in [0, 0.05) is 37.8 Å². The van der Waals surface area contributed by atoms with Crippen LogP contribution >= 0.6 is 48.0 Å². The number of hydrogen-bond acceptors (Lipinski definition) is 3. The molecule has 0 unspecified atom stereocenters. The van der Waals surface area contributed by atoms with Gasteiger partial charge in [-0.15, -0.1) is 24.8 Å². The van der Waals surface area contributed by atoms with Gasteiger partial charge in [0.25, 0.3) is 0 Å². The molecule has 0 aromatic carbocycles. The Kier molecular flexibility index (Phi) is 11.0. The molecule has 1 aromatic rings. The largest absolute Gasteiger partial charge is 0.314 e. The van der Waals surface area contributed by atoms with Gasteiger partial charge < -0.3 is 5.32 Å². The summed E-state index contributed by atoms with van der Waals surface area (Å²) in [4.78, 5) is 6.69. The smallest absolute Gasteiger partial charge is 0.135 e. The minimum Gasteiger partial charge on any atom is -0.314 e. The summed E-state index contributed by atoms with van der Waals surface area (Å²) in [5.41, 5.74) is 1.11. The molecule has 0 bridgehead atoms. The third-order valence-electron chi connectivity index (χ3n) is 3.63. The lowest BCUT2D eigenvalue weighted by atomic mass is 10.0. The van der Waals surface area contributed by atoms with Crippen LogP contribution in [0, 0.1) is 0 Å². The van der Waals surface area contributed by atoms with Crippen LogP contribution in [0.4, 0.5) is 0 Å². The molecule has 2 heterocycles. The summed E-state index contributed by atoms with van der Waals surface area (Å²) >= 11 is 12.2. The number of hydrogen-bond donors (Lipinski definition) is 1. The normalized spacial score (nSPS) is 16.7. The van der Waals surface area contributed by atoms with E-state index in [2.05, 4.69) is 22.1 Å². The maximum absolute atomic E-state index is 6.28. The topological polar surface area (TPSA) is 28.2 Å². The number of pyridine rings is 1. The highest BCUT2D eigenvalue weighted by molar-refractivity contribution is 6.32. The van der Waals surface area contributed by atoms with Gasteiger partial charge in [0.05, 0.1) is 0 Å². The van der Waals surface area contributed by atoms with Crippen LogP contribution in [0.2, 0.25) is 10.3 Å². The Balaban J connectivity index is 0.00000200. The Labute approximate surface area is 149 Å².